The Kier molecular flexibility index (Phi) is 3.68. The summed E-state index contributed by atoms with van der Waals surface area (Å²) in [6.07, 6.45) is 8.75. The van der Waals surface area contributed by atoms with Crippen LogP contribution in [0.5, 0.6) is 0 Å². The maximum absolute atomic E-state index is 9.59. The summed E-state index contributed by atoms with van der Waals surface area (Å²) in [5.74, 6) is 0.849. The Morgan fingerprint density at radius 1 is 1.07 bits per heavy atom. The average molecular weight is 211 g/mol. The zero-order valence-corrected chi connectivity index (χ0v) is 10.2. The van der Waals surface area contributed by atoms with Crippen molar-refractivity contribution in [1.29, 1.82) is 0 Å². The molecule has 4 unspecified atom stereocenters. The molecule has 0 saturated heterocycles. The molecule has 2 fully saturated rings. The van der Waals surface area contributed by atoms with Gasteiger partial charge in [0.25, 0.3) is 0 Å². The first-order chi connectivity index (χ1) is 7.18. The fraction of sp³-hybridized carbons (Fsp3) is 1.00. The second-order valence-corrected chi connectivity index (χ2v) is 5.62. The molecule has 1 N–H and O–H groups in total. The van der Waals surface area contributed by atoms with Gasteiger partial charge in [-0.15, -0.1) is 0 Å². The van der Waals surface area contributed by atoms with Crippen molar-refractivity contribution < 1.29 is 5.11 Å². The SMILES string of the molecule is CC1CCCCC1N(C)C1CCC(O)C1. The van der Waals surface area contributed by atoms with Gasteiger partial charge in [0.2, 0.25) is 0 Å². The normalized spacial score (nSPS) is 42.4. The number of rotatable bonds is 2. The molecule has 0 bridgehead atoms. The quantitative estimate of drug-likeness (QED) is 0.758. The van der Waals surface area contributed by atoms with Crippen LogP contribution in [0.15, 0.2) is 0 Å². The summed E-state index contributed by atoms with van der Waals surface area (Å²) in [5, 5.41) is 9.59. The van der Waals surface area contributed by atoms with E-state index in [0.29, 0.717) is 6.04 Å². The van der Waals surface area contributed by atoms with E-state index in [4.69, 9.17) is 0 Å². The third-order valence-corrected chi connectivity index (χ3v) is 4.54. The number of nitrogens with zero attached hydrogens (tertiary/aromatic N) is 1. The lowest BCUT2D eigenvalue weighted by Gasteiger charge is -2.39. The highest BCUT2D eigenvalue weighted by molar-refractivity contribution is 4.87. The van der Waals surface area contributed by atoms with Crippen molar-refractivity contribution in [3.8, 4) is 0 Å². The first-order valence-electron chi connectivity index (χ1n) is 6.58. The van der Waals surface area contributed by atoms with Crippen LogP contribution >= 0.6 is 0 Å². The topological polar surface area (TPSA) is 23.5 Å². The van der Waals surface area contributed by atoms with Gasteiger partial charge < -0.3 is 10.0 Å². The van der Waals surface area contributed by atoms with E-state index in [-0.39, 0.29) is 6.10 Å². The van der Waals surface area contributed by atoms with Crippen LogP contribution in [0, 0.1) is 5.92 Å². The summed E-state index contributed by atoms with van der Waals surface area (Å²) in [6.45, 7) is 2.39. The van der Waals surface area contributed by atoms with Gasteiger partial charge in [-0.2, -0.15) is 0 Å². The van der Waals surface area contributed by atoms with Crippen molar-refractivity contribution in [2.75, 3.05) is 7.05 Å². The molecule has 2 nitrogen and oxygen atoms in total. The van der Waals surface area contributed by atoms with Crippen LogP contribution in [0.25, 0.3) is 0 Å². The van der Waals surface area contributed by atoms with E-state index in [0.717, 1.165) is 24.8 Å². The molecule has 2 rings (SSSR count). The molecule has 2 saturated carbocycles. The summed E-state index contributed by atoms with van der Waals surface area (Å²) in [5.41, 5.74) is 0. The lowest BCUT2D eigenvalue weighted by Crippen LogP contribution is -2.44. The Labute approximate surface area is 93.7 Å². The van der Waals surface area contributed by atoms with Gasteiger partial charge in [0.05, 0.1) is 6.10 Å². The van der Waals surface area contributed by atoms with Crippen LogP contribution in [-0.4, -0.2) is 35.2 Å². The predicted octanol–water partition coefficient (Wildman–Crippen LogP) is 2.41. The molecule has 15 heavy (non-hydrogen) atoms. The third-order valence-electron chi connectivity index (χ3n) is 4.54. The molecule has 2 aliphatic carbocycles. The zero-order valence-electron chi connectivity index (χ0n) is 10.2. The van der Waals surface area contributed by atoms with Crippen molar-refractivity contribution in [3.63, 3.8) is 0 Å². The van der Waals surface area contributed by atoms with E-state index >= 15 is 0 Å². The molecule has 0 heterocycles. The van der Waals surface area contributed by atoms with Crippen molar-refractivity contribution >= 4 is 0 Å². The Morgan fingerprint density at radius 2 is 1.80 bits per heavy atom. The Morgan fingerprint density at radius 3 is 2.40 bits per heavy atom. The first kappa shape index (κ1) is 11.4. The van der Waals surface area contributed by atoms with Gasteiger partial charge in [0.1, 0.15) is 0 Å². The molecular formula is C13H25NO. The summed E-state index contributed by atoms with van der Waals surface area (Å²) in [6, 6.07) is 1.42. The lowest BCUT2D eigenvalue weighted by atomic mass is 9.84. The predicted molar refractivity (Wildman–Crippen MR) is 62.8 cm³/mol. The first-order valence-corrected chi connectivity index (χ1v) is 6.58. The number of aliphatic hydroxyl groups excluding tert-OH is 1. The van der Waals surface area contributed by atoms with E-state index in [2.05, 4.69) is 18.9 Å². The van der Waals surface area contributed by atoms with Crippen molar-refractivity contribution in [3.05, 3.63) is 0 Å². The van der Waals surface area contributed by atoms with Gasteiger partial charge >= 0.3 is 0 Å². The minimum absolute atomic E-state index is 0.0312. The summed E-state index contributed by atoms with van der Waals surface area (Å²) in [7, 11) is 2.27. The van der Waals surface area contributed by atoms with Crippen molar-refractivity contribution in [2.45, 2.75) is 70.1 Å². The monoisotopic (exact) mass is 211 g/mol. The second-order valence-electron chi connectivity index (χ2n) is 5.62. The molecule has 2 aliphatic rings. The molecule has 88 valence electrons. The maximum Gasteiger partial charge on any atom is 0.0555 e. The van der Waals surface area contributed by atoms with E-state index in [1.165, 1.54) is 32.1 Å². The van der Waals surface area contributed by atoms with Gasteiger partial charge in [-0.1, -0.05) is 19.8 Å². The standard InChI is InChI=1S/C13H25NO/c1-10-5-3-4-6-13(10)14(2)11-7-8-12(15)9-11/h10-13,15H,3-9H2,1-2H3. The van der Waals surface area contributed by atoms with E-state index in [9.17, 15) is 5.11 Å². The number of aliphatic hydroxyl groups is 1. The van der Waals surface area contributed by atoms with Gasteiger partial charge in [0.15, 0.2) is 0 Å². The maximum atomic E-state index is 9.59. The highest BCUT2D eigenvalue weighted by atomic mass is 16.3. The smallest absolute Gasteiger partial charge is 0.0555 e. The number of hydrogen-bond donors (Lipinski definition) is 1. The number of hydrogen-bond acceptors (Lipinski definition) is 2. The van der Waals surface area contributed by atoms with E-state index < -0.39 is 0 Å². The minimum Gasteiger partial charge on any atom is -0.393 e. The molecule has 0 spiro atoms. The minimum atomic E-state index is -0.0312. The van der Waals surface area contributed by atoms with Crippen LogP contribution in [0.4, 0.5) is 0 Å². The van der Waals surface area contributed by atoms with E-state index in [1.807, 2.05) is 0 Å². The summed E-state index contributed by atoms with van der Waals surface area (Å²) < 4.78 is 0. The molecule has 0 radical (unpaired) electrons. The van der Waals surface area contributed by atoms with Crippen LogP contribution in [0.3, 0.4) is 0 Å². The summed E-state index contributed by atoms with van der Waals surface area (Å²) >= 11 is 0. The lowest BCUT2D eigenvalue weighted by molar-refractivity contribution is 0.0884. The molecule has 0 aromatic rings. The zero-order chi connectivity index (χ0) is 10.8. The van der Waals surface area contributed by atoms with Gasteiger partial charge in [-0.05, 0) is 45.1 Å². The summed E-state index contributed by atoms with van der Waals surface area (Å²) in [4.78, 5) is 2.57. The molecule has 0 amide bonds. The fourth-order valence-corrected chi connectivity index (χ4v) is 3.48. The molecule has 2 heteroatoms. The van der Waals surface area contributed by atoms with Crippen LogP contribution in [-0.2, 0) is 0 Å². The van der Waals surface area contributed by atoms with Gasteiger partial charge in [-0.3, -0.25) is 0 Å². The van der Waals surface area contributed by atoms with Crippen LogP contribution < -0.4 is 0 Å². The molecule has 0 aromatic carbocycles. The van der Waals surface area contributed by atoms with Gasteiger partial charge in [-0.25, -0.2) is 0 Å². The largest absolute Gasteiger partial charge is 0.393 e. The highest BCUT2D eigenvalue weighted by Crippen LogP contribution is 2.32. The second kappa shape index (κ2) is 4.84. The van der Waals surface area contributed by atoms with E-state index in [1.54, 1.807) is 0 Å². The molecule has 0 aliphatic heterocycles. The van der Waals surface area contributed by atoms with Gasteiger partial charge in [0, 0.05) is 12.1 Å². The van der Waals surface area contributed by atoms with Crippen LogP contribution in [0.2, 0.25) is 0 Å². The van der Waals surface area contributed by atoms with Crippen LogP contribution in [0.1, 0.15) is 51.9 Å². The van der Waals surface area contributed by atoms with Crippen molar-refractivity contribution in [1.82, 2.24) is 4.90 Å². The molecule has 0 aromatic heterocycles. The molecular weight excluding hydrogens is 186 g/mol. The Hall–Kier alpha value is -0.0800. The third kappa shape index (κ3) is 2.54. The highest BCUT2D eigenvalue weighted by Gasteiger charge is 2.33. The Bertz CT molecular complexity index is 207. The molecule has 4 atom stereocenters. The Balaban J connectivity index is 1.91. The van der Waals surface area contributed by atoms with Crippen molar-refractivity contribution in [2.24, 2.45) is 5.92 Å². The average Bonchev–Trinajstić information content (AvgIpc) is 2.65. The fourth-order valence-electron chi connectivity index (χ4n) is 3.48.